The van der Waals surface area contributed by atoms with Crippen molar-refractivity contribution in [3.8, 4) is 5.75 Å². The molecule has 0 spiro atoms. The fraction of sp³-hybridized carbons (Fsp3) is 0.333. The molecule has 1 aromatic carbocycles. The van der Waals surface area contributed by atoms with Crippen molar-refractivity contribution in [2.45, 2.75) is 6.04 Å². The number of benzene rings is 1. The first-order valence-electron chi connectivity index (χ1n) is 3.99. The van der Waals surface area contributed by atoms with E-state index < -0.39 is 6.04 Å². The third-order valence-corrected chi connectivity index (χ3v) is 2.41. The molecule has 0 aliphatic heterocycles. The van der Waals surface area contributed by atoms with Crippen LogP contribution in [0.15, 0.2) is 12.1 Å². The van der Waals surface area contributed by atoms with Gasteiger partial charge < -0.3 is 15.6 Å². The number of ether oxygens (including phenoxy) is 1. The van der Waals surface area contributed by atoms with E-state index in [2.05, 4.69) is 0 Å². The molecule has 0 saturated carbocycles. The zero-order valence-corrected chi connectivity index (χ0v) is 9.14. The van der Waals surface area contributed by atoms with Gasteiger partial charge in [-0.2, -0.15) is 0 Å². The Morgan fingerprint density at radius 1 is 1.43 bits per heavy atom. The Bertz CT molecular complexity index is 308. The van der Waals surface area contributed by atoms with Gasteiger partial charge in [0.2, 0.25) is 0 Å². The number of rotatable bonds is 3. The minimum Gasteiger partial charge on any atom is -0.494 e. The van der Waals surface area contributed by atoms with Crippen molar-refractivity contribution in [1.82, 2.24) is 0 Å². The van der Waals surface area contributed by atoms with E-state index in [1.165, 1.54) is 7.11 Å². The maximum Gasteiger partial charge on any atom is 0.156 e. The SMILES string of the molecule is COc1c(Cl)cc([C@H](N)CO)cc1Cl. The van der Waals surface area contributed by atoms with Gasteiger partial charge in [-0.05, 0) is 17.7 Å². The zero-order valence-electron chi connectivity index (χ0n) is 7.63. The lowest BCUT2D eigenvalue weighted by Gasteiger charge is -2.12. The minimum absolute atomic E-state index is 0.154. The summed E-state index contributed by atoms with van der Waals surface area (Å²) in [5.41, 5.74) is 6.30. The number of nitrogens with two attached hydrogens (primary N) is 1. The molecule has 14 heavy (non-hydrogen) atoms. The third kappa shape index (κ3) is 2.30. The molecule has 0 heterocycles. The monoisotopic (exact) mass is 235 g/mol. The number of hydrogen-bond donors (Lipinski definition) is 2. The van der Waals surface area contributed by atoms with Crippen LogP contribution >= 0.6 is 23.2 Å². The largest absolute Gasteiger partial charge is 0.494 e. The number of aliphatic hydroxyl groups is 1. The zero-order chi connectivity index (χ0) is 10.7. The predicted octanol–water partition coefficient (Wildman–Crippen LogP) is 1.99. The Hall–Kier alpha value is -0.480. The Morgan fingerprint density at radius 3 is 2.29 bits per heavy atom. The number of aliphatic hydroxyl groups excluding tert-OH is 1. The second kappa shape index (κ2) is 4.84. The highest BCUT2D eigenvalue weighted by Gasteiger charge is 2.12. The van der Waals surface area contributed by atoms with Crippen LogP contribution < -0.4 is 10.5 Å². The fourth-order valence-electron chi connectivity index (χ4n) is 1.09. The molecule has 1 rings (SSSR count). The summed E-state index contributed by atoms with van der Waals surface area (Å²) >= 11 is 11.8. The van der Waals surface area contributed by atoms with Crippen molar-refractivity contribution in [3.05, 3.63) is 27.7 Å². The molecule has 3 nitrogen and oxygen atoms in total. The molecule has 0 unspecified atom stereocenters. The molecule has 3 N–H and O–H groups in total. The highest BCUT2D eigenvalue weighted by Crippen LogP contribution is 2.34. The van der Waals surface area contributed by atoms with Crippen LogP contribution in [0.2, 0.25) is 10.0 Å². The first kappa shape index (κ1) is 11.6. The van der Waals surface area contributed by atoms with Gasteiger partial charge in [-0.3, -0.25) is 0 Å². The summed E-state index contributed by atoms with van der Waals surface area (Å²) in [4.78, 5) is 0. The molecule has 0 aliphatic carbocycles. The van der Waals surface area contributed by atoms with Crippen LogP contribution in [-0.2, 0) is 0 Å². The third-order valence-electron chi connectivity index (χ3n) is 1.85. The second-order valence-corrected chi connectivity index (χ2v) is 3.62. The standard InChI is InChI=1S/C9H11Cl2NO2/c1-14-9-6(10)2-5(3-7(9)11)8(12)4-13/h2-3,8,13H,4,12H2,1H3/t8-/m1/s1. The summed E-state index contributed by atoms with van der Waals surface area (Å²) in [6, 6.07) is 2.79. The molecule has 0 saturated heterocycles. The highest BCUT2D eigenvalue weighted by atomic mass is 35.5. The number of hydrogen-bond acceptors (Lipinski definition) is 3. The van der Waals surface area contributed by atoms with Gasteiger partial charge in [0.05, 0.1) is 29.8 Å². The quantitative estimate of drug-likeness (QED) is 0.843. The average molecular weight is 236 g/mol. The van der Waals surface area contributed by atoms with Crippen LogP contribution in [0.1, 0.15) is 11.6 Å². The van der Waals surface area contributed by atoms with Gasteiger partial charge >= 0.3 is 0 Å². The lowest BCUT2D eigenvalue weighted by atomic mass is 10.1. The first-order chi connectivity index (χ1) is 6.60. The van der Waals surface area contributed by atoms with Gasteiger partial charge in [0.1, 0.15) is 0 Å². The lowest BCUT2D eigenvalue weighted by Crippen LogP contribution is -2.14. The van der Waals surface area contributed by atoms with Crippen molar-refractivity contribution in [2.24, 2.45) is 5.73 Å². The van der Waals surface area contributed by atoms with E-state index in [9.17, 15) is 0 Å². The summed E-state index contributed by atoms with van der Waals surface area (Å²) in [5, 5.41) is 9.63. The predicted molar refractivity (Wildman–Crippen MR) is 57.0 cm³/mol. The number of methoxy groups -OCH3 is 1. The molecule has 0 bridgehead atoms. The molecule has 0 radical (unpaired) electrons. The maximum absolute atomic E-state index is 8.85. The van der Waals surface area contributed by atoms with Crippen molar-refractivity contribution in [2.75, 3.05) is 13.7 Å². The summed E-state index contributed by atoms with van der Waals surface area (Å²) in [5.74, 6) is 0.419. The van der Waals surface area contributed by atoms with Crippen LogP contribution in [0, 0.1) is 0 Å². The van der Waals surface area contributed by atoms with Gasteiger partial charge in [0.25, 0.3) is 0 Å². The molecule has 0 fully saturated rings. The molecule has 78 valence electrons. The topological polar surface area (TPSA) is 55.5 Å². The molecule has 1 aromatic rings. The van der Waals surface area contributed by atoms with E-state index in [0.717, 1.165) is 0 Å². The Morgan fingerprint density at radius 2 is 1.93 bits per heavy atom. The molecule has 0 aromatic heterocycles. The van der Waals surface area contributed by atoms with Crippen LogP contribution in [0.25, 0.3) is 0 Å². The first-order valence-corrected chi connectivity index (χ1v) is 4.75. The second-order valence-electron chi connectivity index (χ2n) is 2.81. The molecular formula is C9H11Cl2NO2. The summed E-state index contributed by atoms with van der Waals surface area (Å²) in [7, 11) is 1.48. The van der Waals surface area contributed by atoms with Crippen molar-refractivity contribution >= 4 is 23.2 Å². The van der Waals surface area contributed by atoms with Crippen molar-refractivity contribution < 1.29 is 9.84 Å². The summed E-state index contributed by atoms with van der Waals surface area (Å²) < 4.78 is 4.98. The van der Waals surface area contributed by atoms with E-state index in [0.29, 0.717) is 21.4 Å². The molecule has 0 aliphatic rings. The highest BCUT2D eigenvalue weighted by molar-refractivity contribution is 6.37. The van der Waals surface area contributed by atoms with E-state index in [4.69, 9.17) is 38.8 Å². The average Bonchev–Trinajstić information content (AvgIpc) is 2.16. The van der Waals surface area contributed by atoms with E-state index in [1.807, 2.05) is 0 Å². The van der Waals surface area contributed by atoms with E-state index in [1.54, 1.807) is 12.1 Å². The maximum atomic E-state index is 8.85. The molecule has 0 amide bonds. The van der Waals surface area contributed by atoms with E-state index >= 15 is 0 Å². The fourth-order valence-corrected chi connectivity index (χ4v) is 1.75. The minimum atomic E-state index is -0.476. The molecule has 5 heteroatoms. The Balaban J connectivity index is 3.13. The van der Waals surface area contributed by atoms with Gasteiger partial charge in [-0.1, -0.05) is 23.2 Å². The normalized spacial score (nSPS) is 12.6. The van der Waals surface area contributed by atoms with Gasteiger partial charge in [0.15, 0.2) is 5.75 Å². The van der Waals surface area contributed by atoms with Gasteiger partial charge in [-0.15, -0.1) is 0 Å². The Labute approximate surface area is 92.4 Å². The number of halogens is 2. The van der Waals surface area contributed by atoms with Gasteiger partial charge in [-0.25, -0.2) is 0 Å². The van der Waals surface area contributed by atoms with Crippen LogP contribution in [0.5, 0.6) is 5.75 Å². The van der Waals surface area contributed by atoms with Crippen molar-refractivity contribution in [3.63, 3.8) is 0 Å². The van der Waals surface area contributed by atoms with Crippen molar-refractivity contribution in [1.29, 1.82) is 0 Å². The molecular weight excluding hydrogens is 225 g/mol. The lowest BCUT2D eigenvalue weighted by molar-refractivity contribution is 0.268. The van der Waals surface area contributed by atoms with E-state index in [-0.39, 0.29) is 6.61 Å². The molecule has 1 atom stereocenters. The Kier molecular flexibility index (Phi) is 4.01. The summed E-state index contributed by atoms with van der Waals surface area (Å²) in [6.07, 6.45) is 0. The van der Waals surface area contributed by atoms with Crippen LogP contribution in [0.4, 0.5) is 0 Å². The summed E-state index contributed by atoms with van der Waals surface area (Å²) in [6.45, 7) is -0.154. The van der Waals surface area contributed by atoms with Crippen LogP contribution in [0.3, 0.4) is 0 Å². The van der Waals surface area contributed by atoms with Gasteiger partial charge in [0, 0.05) is 0 Å². The van der Waals surface area contributed by atoms with Crippen LogP contribution in [-0.4, -0.2) is 18.8 Å². The smallest absolute Gasteiger partial charge is 0.156 e.